The van der Waals surface area contributed by atoms with E-state index in [1.165, 1.54) is 5.56 Å². The van der Waals surface area contributed by atoms with Gasteiger partial charge in [-0.25, -0.2) is 9.78 Å². The molecule has 2 aromatic heterocycles. The van der Waals surface area contributed by atoms with Crippen LogP contribution in [-0.2, 0) is 6.54 Å². The predicted octanol–water partition coefficient (Wildman–Crippen LogP) is 7.32. The van der Waals surface area contributed by atoms with Crippen LogP contribution < -0.4 is 14.8 Å². The number of benzene rings is 3. The zero-order chi connectivity index (χ0) is 26.3. The lowest BCUT2D eigenvalue weighted by molar-refractivity contribution is 0.0735. The van der Waals surface area contributed by atoms with Crippen molar-refractivity contribution in [2.45, 2.75) is 33.2 Å². The van der Waals surface area contributed by atoms with Crippen LogP contribution in [0.4, 0.5) is 5.82 Å². The maximum absolute atomic E-state index is 12.8. The summed E-state index contributed by atoms with van der Waals surface area (Å²) in [5.74, 6) is 1.66. The number of hydrogen-bond donors (Lipinski definition) is 1. The molecule has 0 fully saturated rings. The lowest BCUT2D eigenvalue weighted by Gasteiger charge is -2.10. The Bertz CT molecular complexity index is 1530. The minimum atomic E-state index is -0.421. The summed E-state index contributed by atoms with van der Waals surface area (Å²) in [5, 5.41) is 3.56. The SMILES string of the molecule is CCCCOc1ccc(C(=O)Oc2cccc(-c3nc4cc(C)ccn4c3NCc3ccccc3)c2)cc1. The minimum Gasteiger partial charge on any atom is -0.494 e. The molecule has 0 radical (unpaired) electrons. The van der Waals surface area contributed by atoms with Gasteiger partial charge in [0.05, 0.1) is 12.2 Å². The normalized spacial score (nSPS) is 10.9. The van der Waals surface area contributed by atoms with Crippen molar-refractivity contribution in [3.63, 3.8) is 0 Å². The number of esters is 1. The molecule has 3 aromatic carbocycles. The van der Waals surface area contributed by atoms with Gasteiger partial charge in [-0.05, 0) is 73.0 Å². The van der Waals surface area contributed by atoms with E-state index in [2.05, 4.69) is 43.4 Å². The van der Waals surface area contributed by atoms with Crippen molar-refractivity contribution in [3.8, 4) is 22.8 Å². The van der Waals surface area contributed by atoms with Crippen LogP contribution in [-0.4, -0.2) is 22.0 Å². The number of imidazole rings is 1. The lowest BCUT2D eigenvalue weighted by Crippen LogP contribution is -2.08. The van der Waals surface area contributed by atoms with Gasteiger partial charge < -0.3 is 14.8 Å². The first-order valence-corrected chi connectivity index (χ1v) is 12.9. The Morgan fingerprint density at radius 3 is 2.53 bits per heavy atom. The summed E-state index contributed by atoms with van der Waals surface area (Å²) in [6.45, 7) is 5.49. The molecule has 5 aromatic rings. The van der Waals surface area contributed by atoms with Crippen molar-refractivity contribution in [3.05, 3.63) is 114 Å². The molecule has 0 unspecified atom stereocenters. The molecule has 0 aliphatic heterocycles. The highest BCUT2D eigenvalue weighted by Crippen LogP contribution is 2.32. The van der Waals surface area contributed by atoms with Gasteiger partial charge in [0.15, 0.2) is 0 Å². The number of anilines is 1. The van der Waals surface area contributed by atoms with E-state index >= 15 is 0 Å². The van der Waals surface area contributed by atoms with Gasteiger partial charge in [-0.2, -0.15) is 0 Å². The first-order valence-electron chi connectivity index (χ1n) is 12.9. The highest BCUT2D eigenvalue weighted by atomic mass is 16.5. The number of pyridine rings is 1. The molecule has 0 aliphatic carbocycles. The molecule has 5 rings (SSSR count). The van der Waals surface area contributed by atoms with Crippen LogP contribution in [0.25, 0.3) is 16.9 Å². The Kier molecular flexibility index (Phi) is 7.69. The van der Waals surface area contributed by atoms with E-state index in [1.54, 1.807) is 30.3 Å². The quantitative estimate of drug-likeness (QED) is 0.122. The number of hydrogen-bond acceptors (Lipinski definition) is 5. The Hall–Kier alpha value is -4.58. The van der Waals surface area contributed by atoms with Crippen LogP contribution in [0.2, 0.25) is 0 Å². The molecule has 6 nitrogen and oxygen atoms in total. The van der Waals surface area contributed by atoms with Crippen LogP contribution in [0, 0.1) is 6.92 Å². The van der Waals surface area contributed by atoms with Gasteiger partial charge in [0.1, 0.15) is 28.7 Å². The van der Waals surface area contributed by atoms with Gasteiger partial charge in [-0.3, -0.25) is 4.40 Å². The smallest absolute Gasteiger partial charge is 0.343 e. The molecule has 0 amide bonds. The number of unbranched alkanes of at least 4 members (excludes halogenated alkanes) is 1. The summed E-state index contributed by atoms with van der Waals surface area (Å²) < 4.78 is 13.5. The molecule has 0 aliphatic rings. The Labute approximate surface area is 222 Å². The van der Waals surface area contributed by atoms with E-state index in [0.717, 1.165) is 46.9 Å². The van der Waals surface area contributed by atoms with E-state index in [0.29, 0.717) is 24.5 Å². The molecule has 0 spiro atoms. The van der Waals surface area contributed by atoms with E-state index in [-0.39, 0.29) is 0 Å². The summed E-state index contributed by atoms with van der Waals surface area (Å²) in [6.07, 6.45) is 4.09. The van der Waals surface area contributed by atoms with Crippen LogP contribution >= 0.6 is 0 Å². The molecule has 0 bridgehead atoms. The first kappa shape index (κ1) is 25.1. The van der Waals surface area contributed by atoms with Crippen molar-refractivity contribution < 1.29 is 14.3 Å². The fourth-order valence-electron chi connectivity index (χ4n) is 4.19. The third kappa shape index (κ3) is 5.86. The zero-order valence-electron chi connectivity index (χ0n) is 21.7. The molecular formula is C32H31N3O3. The number of fused-ring (bicyclic) bond motifs is 1. The lowest BCUT2D eigenvalue weighted by atomic mass is 10.1. The largest absolute Gasteiger partial charge is 0.494 e. The molecule has 0 atom stereocenters. The average Bonchev–Trinajstić information content (AvgIpc) is 3.30. The summed E-state index contributed by atoms with van der Waals surface area (Å²) in [4.78, 5) is 17.8. The van der Waals surface area contributed by atoms with Gasteiger partial charge in [-0.1, -0.05) is 55.8 Å². The number of carbonyl (C=O) groups excluding carboxylic acids is 1. The molecule has 192 valence electrons. The van der Waals surface area contributed by atoms with Gasteiger partial charge in [-0.15, -0.1) is 0 Å². The molecule has 0 saturated heterocycles. The number of nitrogens with one attached hydrogen (secondary N) is 1. The second kappa shape index (κ2) is 11.6. The van der Waals surface area contributed by atoms with E-state index < -0.39 is 5.97 Å². The Morgan fingerprint density at radius 2 is 1.74 bits per heavy atom. The fraction of sp³-hybridized carbons (Fsp3) is 0.188. The van der Waals surface area contributed by atoms with E-state index in [9.17, 15) is 4.79 Å². The Balaban J connectivity index is 1.38. The number of nitrogens with zero attached hydrogens (tertiary/aromatic N) is 2. The van der Waals surface area contributed by atoms with Gasteiger partial charge in [0.25, 0.3) is 0 Å². The maximum atomic E-state index is 12.8. The third-order valence-corrected chi connectivity index (χ3v) is 6.26. The van der Waals surface area contributed by atoms with Crippen molar-refractivity contribution in [1.82, 2.24) is 9.38 Å². The van der Waals surface area contributed by atoms with Crippen molar-refractivity contribution in [2.75, 3.05) is 11.9 Å². The minimum absolute atomic E-state index is 0.421. The predicted molar refractivity (Wildman–Crippen MR) is 151 cm³/mol. The van der Waals surface area contributed by atoms with Gasteiger partial charge >= 0.3 is 5.97 Å². The second-order valence-electron chi connectivity index (χ2n) is 9.22. The Morgan fingerprint density at radius 1 is 0.921 bits per heavy atom. The van der Waals surface area contributed by atoms with Crippen molar-refractivity contribution in [2.24, 2.45) is 0 Å². The standard InChI is InChI=1S/C32H31N3O3/c1-3-4-19-37-27-15-13-25(14-16-27)32(36)38-28-12-8-11-26(21-28)30-31(33-22-24-9-6-5-7-10-24)35-18-17-23(2)20-29(35)34-30/h5-18,20-21,33H,3-4,19,22H2,1-2H3. The number of aryl methyl sites for hydroxylation is 1. The highest BCUT2D eigenvalue weighted by molar-refractivity contribution is 5.91. The number of carbonyl (C=O) groups is 1. The summed E-state index contributed by atoms with van der Waals surface area (Å²) in [5.41, 5.74) is 5.26. The third-order valence-electron chi connectivity index (χ3n) is 6.26. The second-order valence-corrected chi connectivity index (χ2v) is 9.22. The molecule has 0 saturated carbocycles. The van der Waals surface area contributed by atoms with Gasteiger partial charge in [0.2, 0.25) is 0 Å². The van der Waals surface area contributed by atoms with Crippen molar-refractivity contribution in [1.29, 1.82) is 0 Å². The maximum Gasteiger partial charge on any atom is 0.343 e. The topological polar surface area (TPSA) is 64.9 Å². The summed E-state index contributed by atoms with van der Waals surface area (Å²) >= 11 is 0. The van der Waals surface area contributed by atoms with Crippen LogP contribution in [0.1, 0.15) is 41.3 Å². The highest BCUT2D eigenvalue weighted by Gasteiger charge is 2.16. The molecular weight excluding hydrogens is 474 g/mol. The average molecular weight is 506 g/mol. The summed E-state index contributed by atoms with van der Waals surface area (Å²) in [6, 6.07) is 28.9. The van der Waals surface area contributed by atoms with E-state index in [4.69, 9.17) is 14.5 Å². The number of ether oxygens (including phenoxy) is 2. The molecule has 38 heavy (non-hydrogen) atoms. The van der Waals surface area contributed by atoms with Crippen molar-refractivity contribution >= 4 is 17.4 Å². The fourth-order valence-corrected chi connectivity index (χ4v) is 4.19. The van der Waals surface area contributed by atoms with Crippen LogP contribution in [0.5, 0.6) is 11.5 Å². The zero-order valence-corrected chi connectivity index (χ0v) is 21.7. The number of aromatic nitrogens is 2. The van der Waals surface area contributed by atoms with Crippen LogP contribution in [0.3, 0.4) is 0 Å². The molecule has 6 heteroatoms. The van der Waals surface area contributed by atoms with Gasteiger partial charge in [0, 0.05) is 18.3 Å². The first-order chi connectivity index (χ1) is 18.6. The van der Waals surface area contributed by atoms with Crippen LogP contribution in [0.15, 0.2) is 97.2 Å². The summed E-state index contributed by atoms with van der Waals surface area (Å²) in [7, 11) is 0. The molecule has 1 N–H and O–H groups in total. The molecule has 2 heterocycles. The monoisotopic (exact) mass is 505 g/mol. The van der Waals surface area contributed by atoms with E-state index in [1.807, 2.05) is 47.0 Å². The number of rotatable bonds is 10.